The fourth-order valence-electron chi connectivity index (χ4n) is 3.46. The maximum Gasteiger partial charge on any atom is 0.511 e. The van der Waals surface area contributed by atoms with Crippen molar-refractivity contribution in [3.05, 3.63) is 0 Å². The Morgan fingerprint density at radius 3 is 2.34 bits per heavy atom. The molecule has 1 heterocycles. The number of nitrogens with one attached hydrogen (secondary N) is 2. The minimum Gasteiger partial charge on any atom is -0.378 e. The predicted octanol–water partition coefficient (Wildman–Crippen LogP) is 2.82. The monoisotopic (exact) mass is 556 g/mol. The van der Waals surface area contributed by atoms with E-state index in [2.05, 4.69) is 15.6 Å². The Morgan fingerprint density at radius 2 is 1.79 bits per heavy atom. The van der Waals surface area contributed by atoms with E-state index in [1.807, 2.05) is 6.92 Å². The molecule has 0 radical (unpaired) electrons. The van der Waals surface area contributed by atoms with Gasteiger partial charge in [0.15, 0.2) is 5.96 Å². The fraction of sp³-hybridized carbons (Fsp3) is 0.941. The van der Waals surface area contributed by atoms with Crippen molar-refractivity contribution in [2.24, 2.45) is 4.99 Å². The molecule has 2 N–H and O–H groups in total. The molecule has 29 heavy (non-hydrogen) atoms. The first-order valence-corrected chi connectivity index (χ1v) is 11.4. The zero-order valence-electron chi connectivity index (χ0n) is 16.7. The van der Waals surface area contributed by atoms with Gasteiger partial charge in [0, 0.05) is 38.8 Å². The van der Waals surface area contributed by atoms with Crippen LogP contribution in [-0.2, 0) is 14.8 Å². The highest BCUT2D eigenvalue weighted by Crippen LogP contribution is 2.29. The van der Waals surface area contributed by atoms with Gasteiger partial charge in [-0.1, -0.05) is 12.8 Å². The molecule has 12 heteroatoms. The number of aliphatic imine (C=N–C) groups is 1. The van der Waals surface area contributed by atoms with Gasteiger partial charge in [0.25, 0.3) is 0 Å². The van der Waals surface area contributed by atoms with Crippen molar-refractivity contribution in [2.75, 3.05) is 32.8 Å². The van der Waals surface area contributed by atoms with Crippen LogP contribution in [0.4, 0.5) is 13.2 Å². The molecule has 2 rings (SSSR count). The minimum atomic E-state index is -5.25. The minimum absolute atomic E-state index is 0. The molecular formula is C17H32F3IN4O3S. The van der Waals surface area contributed by atoms with Crippen LogP contribution in [0.3, 0.4) is 0 Å². The third kappa shape index (κ3) is 8.37. The van der Waals surface area contributed by atoms with E-state index >= 15 is 0 Å². The van der Waals surface area contributed by atoms with Gasteiger partial charge >= 0.3 is 15.5 Å². The van der Waals surface area contributed by atoms with Gasteiger partial charge in [0.1, 0.15) is 0 Å². The molecule has 0 aromatic heterocycles. The average Bonchev–Trinajstić information content (AvgIpc) is 3.14. The fourth-order valence-corrected chi connectivity index (χ4v) is 4.44. The Morgan fingerprint density at radius 1 is 1.17 bits per heavy atom. The van der Waals surface area contributed by atoms with Crippen molar-refractivity contribution in [3.63, 3.8) is 0 Å². The van der Waals surface area contributed by atoms with Crippen LogP contribution in [0.1, 0.15) is 51.9 Å². The SMILES string of the molecule is CCNC(=NCCCOC1CCCC1)NC1CCN(S(=O)(=O)C(F)(F)F)CC1.I. The predicted molar refractivity (Wildman–Crippen MR) is 117 cm³/mol. The number of halogens is 4. The van der Waals surface area contributed by atoms with Crippen LogP contribution in [0.25, 0.3) is 0 Å². The lowest BCUT2D eigenvalue weighted by molar-refractivity contribution is -0.0494. The van der Waals surface area contributed by atoms with E-state index < -0.39 is 15.5 Å². The molecule has 0 aromatic rings. The normalized spacial score (nSPS) is 20.5. The summed E-state index contributed by atoms with van der Waals surface area (Å²) in [5.74, 6) is 0.598. The highest BCUT2D eigenvalue weighted by molar-refractivity contribution is 14.0. The molecule has 2 aliphatic rings. The van der Waals surface area contributed by atoms with E-state index in [4.69, 9.17) is 4.74 Å². The molecule has 2 fully saturated rings. The highest BCUT2D eigenvalue weighted by atomic mass is 127. The van der Waals surface area contributed by atoms with E-state index in [0.717, 1.165) is 19.3 Å². The summed E-state index contributed by atoms with van der Waals surface area (Å²) in [5, 5.41) is 6.31. The largest absolute Gasteiger partial charge is 0.511 e. The highest BCUT2D eigenvalue weighted by Gasteiger charge is 2.50. The summed E-state index contributed by atoms with van der Waals surface area (Å²) in [6.07, 6.45) is 6.52. The summed E-state index contributed by atoms with van der Waals surface area (Å²) in [4.78, 5) is 4.48. The first-order valence-electron chi connectivity index (χ1n) is 9.97. The van der Waals surface area contributed by atoms with Gasteiger partial charge < -0.3 is 15.4 Å². The van der Waals surface area contributed by atoms with Crippen molar-refractivity contribution in [1.29, 1.82) is 0 Å². The summed E-state index contributed by atoms with van der Waals surface area (Å²) in [5.41, 5.74) is -5.25. The molecule has 172 valence electrons. The smallest absolute Gasteiger partial charge is 0.378 e. The lowest BCUT2D eigenvalue weighted by Crippen LogP contribution is -2.51. The summed E-state index contributed by atoms with van der Waals surface area (Å²) in [6, 6.07) is -0.118. The van der Waals surface area contributed by atoms with Gasteiger partial charge in [-0.25, -0.2) is 8.42 Å². The van der Waals surface area contributed by atoms with Gasteiger partial charge in [-0.3, -0.25) is 4.99 Å². The van der Waals surface area contributed by atoms with Crippen LogP contribution in [0.5, 0.6) is 0 Å². The molecule has 1 aliphatic carbocycles. The van der Waals surface area contributed by atoms with E-state index in [-0.39, 0.29) is 43.1 Å². The van der Waals surface area contributed by atoms with Crippen molar-refractivity contribution in [3.8, 4) is 0 Å². The van der Waals surface area contributed by atoms with Crippen LogP contribution >= 0.6 is 24.0 Å². The van der Waals surface area contributed by atoms with Gasteiger partial charge in [-0.2, -0.15) is 17.5 Å². The zero-order valence-corrected chi connectivity index (χ0v) is 19.9. The van der Waals surface area contributed by atoms with Crippen molar-refractivity contribution in [1.82, 2.24) is 14.9 Å². The summed E-state index contributed by atoms with van der Waals surface area (Å²) in [6.45, 7) is 3.53. The van der Waals surface area contributed by atoms with Crippen LogP contribution in [-0.4, -0.2) is 69.1 Å². The number of hydrogen-bond acceptors (Lipinski definition) is 4. The van der Waals surface area contributed by atoms with Gasteiger partial charge in [-0.05, 0) is 39.0 Å². The Bertz CT molecular complexity index is 606. The quantitative estimate of drug-likeness (QED) is 0.208. The zero-order chi connectivity index (χ0) is 20.6. The molecule has 0 aromatic carbocycles. The van der Waals surface area contributed by atoms with Crippen LogP contribution in [0.15, 0.2) is 4.99 Å². The maximum absolute atomic E-state index is 12.6. The number of alkyl halides is 3. The molecule has 1 saturated heterocycles. The first kappa shape index (κ1) is 26.7. The maximum atomic E-state index is 12.6. The van der Waals surface area contributed by atoms with Crippen LogP contribution in [0, 0.1) is 0 Å². The van der Waals surface area contributed by atoms with E-state index in [0.29, 0.717) is 48.9 Å². The number of rotatable bonds is 8. The number of sulfonamides is 1. The lowest BCUT2D eigenvalue weighted by Gasteiger charge is -2.32. The molecule has 1 aliphatic heterocycles. The Balaban J connectivity index is 0.00000420. The van der Waals surface area contributed by atoms with Crippen LogP contribution < -0.4 is 10.6 Å². The molecular weight excluding hydrogens is 524 g/mol. The Kier molecular flexibility index (Phi) is 11.5. The Hall–Kier alpha value is -0.340. The summed E-state index contributed by atoms with van der Waals surface area (Å²) < 4.78 is 67.2. The third-order valence-electron chi connectivity index (χ3n) is 5.00. The molecule has 0 atom stereocenters. The summed E-state index contributed by atoms with van der Waals surface area (Å²) in [7, 11) is -5.24. The van der Waals surface area contributed by atoms with E-state index in [9.17, 15) is 21.6 Å². The molecule has 0 amide bonds. The number of nitrogens with zero attached hydrogens (tertiary/aromatic N) is 2. The molecule has 0 unspecified atom stereocenters. The number of ether oxygens (including phenoxy) is 1. The summed E-state index contributed by atoms with van der Waals surface area (Å²) >= 11 is 0. The van der Waals surface area contributed by atoms with Gasteiger partial charge in [0.2, 0.25) is 0 Å². The average molecular weight is 556 g/mol. The number of piperidine rings is 1. The van der Waals surface area contributed by atoms with Crippen molar-refractivity contribution >= 4 is 40.0 Å². The topological polar surface area (TPSA) is 83.0 Å². The molecule has 1 saturated carbocycles. The van der Waals surface area contributed by atoms with E-state index in [1.54, 1.807) is 0 Å². The van der Waals surface area contributed by atoms with Crippen LogP contribution in [0.2, 0.25) is 0 Å². The third-order valence-corrected chi connectivity index (χ3v) is 6.63. The lowest BCUT2D eigenvalue weighted by atomic mass is 10.1. The molecule has 7 nitrogen and oxygen atoms in total. The second-order valence-electron chi connectivity index (χ2n) is 7.16. The van der Waals surface area contributed by atoms with E-state index in [1.165, 1.54) is 12.8 Å². The standard InChI is InChI=1S/C17H31F3N4O3S.HI/c1-2-21-16(22-10-5-13-27-15-6-3-4-7-15)23-14-8-11-24(12-9-14)28(25,26)17(18,19)20;/h14-15H,2-13H2,1H3,(H2,21,22,23);1H. The number of hydrogen-bond donors (Lipinski definition) is 2. The Labute approximate surface area is 188 Å². The number of guanidine groups is 1. The first-order chi connectivity index (χ1) is 13.2. The molecule has 0 bridgehead atoms. The van der Waals surface area contributed by atoms with Gasteiger partial charge in [0.05, 0.1) is 6.10 Å². The second kappa shape index (κ2) is 12.5. The second-order valence-corrected chi connectivity index (χ2v) is 9.09. The molecule has 0 spiro atoms. The van der Waals surface area contributed by atoms with Gasteiger partial charge in [-0.15, -0.1) is 24.0 Å². The van der Waals surface area contributed by atoms with Crippen molar-refractivity contribution in [2.45, 2.75) is 69.5 Å². The van der Waals surface area contributed by atoms with Crippen molar-refractivity contribution < 1.29 is 26.3 Å².